The van der Waals surface area contributed by atoms with Gasteiger partial charge >= 0.3 is 0 Å². The summed E-state index contributed by atoms with van der Waals surface area (Å²) in [6, 6.07) is 9.26. The van der Waals surface area contributed by atoms with E-state index in [-0.39, 0.29) is 0 Å². The number of thioether (sulfide) groups is 1. The molecule has 1 aromatic rings. The largest absolute Gasteiger partial charge is 0.327 e. The highest BCUT2D eigenvalue weighted by atomic mass is 32.2. The zero-order valence-corrected chi connectivity index (χ0v) is 13.1. The van der Waals surface area contributed by atoms with Crippen molar-refractivity contribution in [2.75, 3.05) is 0 Å². The van der Waals surface area contributed by atoms with Crippen molar-refractivity contribution in [2.24, 2.45) is 11.7 Å². The summed E-state index contributed by atoms with van der Waals surface area (Å²) in [6.45, 7) is 4.46. The minimum Gasteiger partial charge on any atom is -0.327 e. The Morgan fingerprint density at radius 2 is 2.16 bits per heavy atom. The molecule has 19 heavy (non-hydrogen) atoms. The lowest BCUT2D eigenvalue weighted by atomic mass is 9.83. The second-order valence-corrected chi connectivity index (χ2v) is 7.20. The van der Waals surface area contributed by atoms with E-state index in [2.05, 4.69) is 49.9 Å². The summed E-state index contributed by atoms with van der Waals surface area (Å²) >= 11 is 2.07. The lowest BCUT2D eigenvalue weighted by Gasteiger charge is -2.33. The van der Waals surface area contributed by atoms with Crippen molar-refractivity contribution in [1.29, 1.82) is 0 Å². The maximum Gasteiger partial charge on any atom is 0.0204 e. The molecule has 0 aromatic heterocycles. The minimum atomic E-state index is 0.405. The number of nitrogens with two attached hydrogens (primary N) is 1. The van der Waals surface area contributed by atoms with Crippen LogP contribution in [0.5, 0.6) is 0 Å². The summed E-state index contributed by atoms with van der Waals surface area (Å²) in [5.74, 6) is 2.03. The van der Waals surface area contributed by atoms with Crippen LogP contribution in [0.25, 0.3) is 0 Å². The monoisotopic (exact) mass is 277 g/mol. The van der Waals surface area contributed by atoms with Crippen LogP contribution in [0.2, 0.25) is 0 Å². The van der Waals surface area contributed by atoms with Gasteiger partial charge in [0.25, 0.3) is 0 Å². The third kappa shape index (κ3) is 4.54. The fraction of sp³-hybridized carbons (Fsp3) is 0.647. The molecule has 0 saturated heterocycles. The molecular weight excluding hydrogens is 250 g/mol. The maximum absolute atomic E-state index is 6.31. The van der Waals surface area contributed by atoms with Crippen LogP contribution in [0.1, 0.15) is 50.2 Å². The molecule has 2 rings (SSSR count). The first kappa shape index (κ1) is 14.9. The predicted molar refractivity (Wildman–Crippen MR) is 86.5 cm³/mol. The molecule has 2 heteroatoms. The van der Waals surface area contributed by atoms with Gasteiger partial charge in [0.1, 0.15) is 0 Å². The van der Waals surface area contributed by atoms with Crippen LogP contribution in [-0.2, 0) is 5.75 Å². The Kier molecular flexibility index (Phi) is 5.77. The molecule has 3 unspecified atom stereocenters. The number of hydrogen-bond acceptors (Lipinski definition) is 2. The Bertz CT molecular complexity index is 391. The molecule has 0 spiro atoms. The first-order valence-corrected chi connectivity index (χ1v) is 8.66. The van der Waals surface area contributed by atoms with Crippen molar-refractivity contribution in [1.82, 2.24) is 0 Å². The van der Waals surface area contributed by atoms with Crippen LogP contribution < -0.4 is 5.73 Å². The Morgan fingerprint density at radius 1 is 1.32 bits per heavy atom. The summed E-state index contributed by atoms with van der Waals surface area (Å²) in [7, 11) is 0. The Balaban J connectivity index is 1.86. The standard InChI is InChI=1S/C17H27NS/c1-3-5-14-8-9-16(18)17(11-14)19-12-15-7-4-6-13(2)10-15/h4,6-7,10,14,16-17H,3,5,8-9,11-12,18H2,1-2H3. The Labute approximate surface area is 122 Å². The number of rotatable bonds is 5. The first-order chi connectivity index (χ1) is 9.19. The highest BCUT2D eigenvalue weighted by Gasteiger charge is 2.27. The van der Waals surface area contributed by atoms with E-state index < -0.39 is 0 Å². The SMILES string of the molecule is CCCC1CCC(N)C(SCc2cccc(C)c2)C1. The van der Waals surface area contributed by atoms with E-state index >= 15 is 0 Å². The van der Waals surface area contributed by atoms with Gasteiger partial charge < -0.3 is 5.73 Å². The van der Waals surface area contributed by atoms with Crippen molar-refractivity contribution >= 4 is 11.8 Å². The zero-order valence-electron chi connectivity index (χ0n) is 12.3. The lowest BCUT2D eigenvalue weighted by Crippen LogP contribution is -2.38. The van der Waals surface area contributed by atoms with E-state index in [9.17, 15) is 0 Å². The van der Waals surface area contributed by atoms with Crippen LogP contribution >= 0.6 is 11.8 Å². The van der Waals surface area contributed by atoms with Gasteiger partial charge in [-0.3, -0.25) is 0 Å². The average Bonchev–Trinajstić information content (AvgIpc) is 2.40. The predicted octanol–water partition coefficient (Wildman–Crippen LogP) is 4.52. The molecule has 1 saturated carbocycles. The van der Waals surface area contributed by atoms with E-state index in [1.807, 2.05) is 0 Å². The highest BCUT2D eigenvalue weighted by Crippen LogP contribution is 2.35. The first-order valence-electron chi connectivity index (χ1n) is 7.61. The third-order valence-corrected chi connectivity index (χ3v) is 5.67. The van der Waals surface area contributed by atoms with Crippen LogP contribution in [-0.4, -0.2) is 11.3 Å². The van der Waals surface area contributed by atoms with Crippen LogP contribution in [0.15, 0.2) is 24.3 Å². The van der Waals surface area contributed by atoms with Gasteiger partial charge in [-0.05, 0) is 37.7 Å². The summed E-state index contributed by atoms with van der Waals surface area (Å²) in [6.07, 6.45) is 6.58. The third-order valence-electron chi connectivity index (χ3n) is 4.19. The minimum absolute atomic E-state index is 0.405. The van der Waals surface area contributed by atoms with Gasteiger partial charge in [-0.2, -0.15) is 11.8 Å². The molecule has 0 bridgehead atoms. The fourth-order valence-corrected chi connectivity index (χ4v) is 4.48. The van der Waals surface area contributed by atoms with E-state index in [1.165, 1.54) is 43.2 Å². The van der Waals surface area contributed by atoms with Gasteiger partial charge in [-0.25, -0.2) is 0 Å². The molecular formula is C17H27NS. The van der Waals surface area contributed by atoms with Crippen molar-refractivity contribution in [2.45, 2.75) is 63.0 Å². The Morgan fingerprint density at radius 3 is 2.89 bits per heavy atom. The van der Waals surface area contributed by atoms with E-state index in [4.69, 9.17) is 5.73 Å². The highest BCUT2D eigenvalue weighted by molar-refractivity contribution is 7.99. The molecule has 106 valence electrons. The molecule has 1 fully saturated rings. The topological polar surface area (TPSA) is 26.0 Å². The smallest absolute Gasteiger partial charge is 0.0204 e. The van der Waals surface area contributed by atoms with Crippen LogP contribution in [0.3, 0.4) is 0 Å². The second-order valence-electron chi connectivity index (χ2n) is 5.97. The van der Waals surface area contributed by atoms with Gasteiger partial charge in [0.2, 0.25) is 0 Å². The van der Waals surface area contributed by atoms with Gasteiger partial charge in [-0.15, -0.1) is 0 Å². The molecule has 0 amide bonds. The fourth-order valence-electron chi connectivity index (χ4n) is 3.10. The quantitative estimate of drug-likeness (QED) is 0.856. The molecule has 1 nitrogen and oxygen atoms in total. The molecule has 0 heterocycles. The van der Waals surface area contributed by atoms with Crippen molar-refractivity contribution in [3.63, 3.8) is 0 Å². The summed E-state index contributed by atoms with van der Waals surface area (Å²) < 4.78 is 0. The van der Waals surface area contributed by atoms with E-state index in [1.54, 1.807) is 0 Å². The summed E-state index contributed by atoms with van der Waals surface area (Å²) in [5, 5.41) is 0.658. The maximum atomic E-state index is 6.31. The van der Waals surface area contributed by atoms with Crippen LogP contribution in [0, 0.1) is 12.8 Å². The molecule has 0 radical (unpaired) electrons. The van der Waals surface area contributed by atoms with Crippen molar-refractivity contribution < 1.29 is 0 Å². The summed E-state index contributed by atoms with van der Waals surface area (Å²) in [4.78, 5) is 0. The molecule has 1 aliphatic rings. The van der Waals surface area contributed by atoms with E-state index in [0.717, 1.165) is 11.7 Å². The van der Waals surface area contributed by atoms with Gasteiger partial charge in [0.05, 0.1) is 0 Å². The number of hydrogen-bond donors (Lipinski definition) is 1. The molecule has 0 aliphatic heterocycles. The lowest BCUT2D eigenvalue weighted by molar-refractivity contribution is 0.317. The number of aryl methyl sites for hydroxylation is 1. The second kappa shape index (κ2) is 7.35. The molecule has 1 aromatic carbocycles. The van der Waals surface area contributed by atoms with Gasteiger partial charge in [-0.1, -0.05) is 49.6 Å². The normalized spacial score (nSPS) is 27.4. The molecule has 3 atom stereocenters. The van der Waals surface area contributed by atoms with Crippen molar-refractivity contribution in [3.05, 3.63) is 35.4 Å². The summed E-state index contributed by atoms with van der Waals surface area (Å²) in [5.41, 5.74) is 9.11. The zero-order chi connectivity index (χ0) is 13.7. The van der Waals surface area contributed by atoms with Gasteiger partial charge in [0.15, 0.2) is 0 Å². The van der Waals surface area contributed by atoms with Crippen LogP contribution in [0.4, 0.5) is 0 Å². The molecule has 1 aliphatic carbocycles. The average molecular weight is 277 g/mol. The van der Waals surface area contributed by atoms with Crippen molar-refractivity contribution in [3.8, 4) is 0 Å². The van der Waals surface area contributed by atoms with Gasteiger partial charge in [0, 0.05) is 17.0 Å². The van der Waals surface area contributed by atoms with E-state index in [0.29, 0.717) is 11.3 Å². The Hall–Kier alpha value is -0.470. The molecule has 2 N–H and O–H groups in total. The number of benzene rings is 1.